The third-order valence-corrected chi connectivity index (χ3v) is 3.70. The van der Waals surface area contributed by atoms with E-state index >= 15 is 0 Å². The smallest absolute Gasteiger partial charge is 0.282 e. The topological polar surface area (TPSA) is 141 Å². The van der Waals surface area contributed by atoms with Crippen LogP contribution < -0.4 is 5.43 Å². The number of hydrogen-bond acceptors (Lipinski definition) is 7. The number of nitro benzene ring substituents is 2. The third kappa shape index (κ3) is 3.90. The van der Waals surface area contributed by atoms with Gasteiger partial charge >= 0.3 is 0 Å². The molecule has 1 heterocycles. The van der Waals surface area contributed by atoms with Gasteiger partial charge in [-0.1, -0.05) is 24.3 Å². The van der Waals surface area contributed by atoms with Gasteiger partial charge in [0.1, 0.15) is 17.1 Å². The lowest BCUT2D eigenvalue weighted by Crippen LogP contribution is -2.18. The number of furan rings is 1. The molecule has 140 valence electrons. The Hall–Kier alpha value is -4.34. The second-order valence-electron chi connectivity index (χ2n) is 5.45. The molecule has 0 aliphatic carbocycles. The van der Waals surface area contributed by atoms with Crippen LogP contribution in [0.1, 0.15) is 16.1 Å². The molecule has 0 unspecified atom stereocenters. The van der Waals surface area contributed by atoms with E-state index in [0.29, 0.717) is 5.56 Å². The van der Waals surface area contributed by atoms with Gasteiger partial charge in [0, 0.05) is 12.1 Å². The van der Waals surface area contributed by atoms with Crippen molar-refractivity contribution >= 4 is 23.5 Å². The van der Waals surface area contributed by atoms with Crippen molar-refractivity contribution in [1.82, 2.24) is 5.43 Å². The van der Waals surface area contributed by atoms with Crippen LogP contribution in [0.2, 0.25) is 0 Å². The molecule has 1 amide bonds. The maximum atomic E-state index is 12.1. The van der Waals surface area contributed by atoms with Crippen LogP contribution in [0.5, 0.6) is 0 Å². The van der Waals surface area contributed by atoms with Gasteiger partial charge in [0.05, 0.1) is 21.6 Å². The van der Waals surface area contributed by atoms with Crippen LogP contribution in [0.3, 0.4) is 0 Å². The number of benzene rings is 2. The van der Waals surface area contributed by atoms with Crippen LogP contribution in [-0.4, -0.2) is 22.0 Å². The monoisotopic (exact) mass is 380 g/mol. The second-order valence-corrected chi connectivity index (χ2v) is 5.45. The first kappa shape index (κ1) is 18.5. The zero-order valence-electron chi connectivity index (χ0n) is 14.1. The Morgan fingerprint density at radius 1 is 0.929 bits per heavy atom. The van der Waals surface area contributed by atoms with Crippen molar-refractivity contribution in [3.8, 4) is 11.3 Å². The van der Waals surface area contributed by atoms with E-state index in [0.717, 1.165) is 0 Å². The van der Waals surface area contributed by atoms with Crippen molar-refractivity contribution < 1.29 is 19.1 Å². The van der Waals surface area contributed by atoms with Crippen LogP contribution in [0, 0.1) is 20.2 Å². The summed E-state index contributed by atoms with van der Waals surface area (Å²) in [7, 11) is 0. The molecular formula is C18H12N4O6. The second kappa shape index (κ2) is 7.91. The highest BCUT2D eigenvalue weighted by atomic mass is 16.6. The average molecular weight is 380 g/mol. The maximum Gasteiger partial charge on any atom is 0.282 e. The highest BCUT2D eigenvalue weighted by molar-refractivity contribution is 5.98. The van der Waals surface area contributed by atoms with Crippen LogP contribution in [0.25, 0.3) is 11.3 Å². The number of carbonyl (C=O) groups is 1. The molecular weight excluding hydrogens is 368 g/mol. The molecule has 0 atom stereocenters. The summed E-state index contributed by atoms with van der Waals surface area (Å²) in [6.07, 6.45) is 1.19. The fourth-order valence-corrected chi connectivity index (χ4v) is 2.45. The molecule has 0 aliphatic rings. The summed E-state index contributed by atoms with van der Waals surface area (Å²) < 4.78 is 5.50. The Morgan fingerprint density at radius 3 is 2.29 bits per heavy atom. The number of amides is 1. The Bertz CT molecular complexity index is 1090. The molecule has 0 bridgehead atoms. The number of hydrazone groups is 1. The number of nitrogens with zero attached hydrogens (tertiary/aromatic N) is 3. The van der Waals surface area contributed by atoms with E-state index in [9.17, 15) is 25.0 Å². The van der Waals surface area contributed by atoms with Crippen molar-refractivity contribution in [2.45, 2.75) is 0 Å². The predicted octanol–water partition coefficient (Wildman–Crippen LogP) is 3.53. The molecule has 28 heavy (non-hydrogen) atoms. The van der Waals surface area contributed by atoms with Crippen LogP contribution in [-0.2, 0) is 0 Å². The SMILES string of the molecule is O=C(N/N=C\c1ccc(-c2ccccc2[N+](=O)[O-])o1)c1ccccc1[N+](=O)[O-]. The molecule has 1 aromatic heterocycles. The van der Waals surface area contributed by atoms with Gasteiger partial charge in [-0.05, 0) is 24.3 Å². The minimum atomic E-state index is -0.756. The summed E-state index contributed by atoms with van der Waals surface area (Å²) in [6, 6.07) is 14.6. The van der Waals surface area contributed by atoms with E-state index in [1.165, 1.54) is 48.7 Å². The van der Waals surface area contributed by atoms with Gasteiger partial charge in [-0.3, -0.25) is 25.0 Å². The van der Waals surface area contributed by atoms with Crippen molar-refractivity contribution in [2.24, 2.45) is 5.10 Å². The van der Waals surface area contributed by atoms with E-state index in [4.69, 9.17) is 4.42 Å². The normalized spacial score (nSPS) is 10.7. The molecule has 10 nitrogen and oxygen atoms in total. The van der Waals surface area contributed by atoms with Crippen molar-refractivity contribution in [3.05, 3.63) is 92.2 Å². The first-order valence-electron chi connectivity index (χ1n) is 7.88. The standard InChI is InChI=1S/C18H12N4O6/c23-18(14-6-2-4-8-16(14)22(26)27)20-19-11-12-9-10-17(28-12)13-5-1-3-7-15(13)21(24)25/h1-11H,(H,20,23)/b19-11-. The van der Waals surface area contributed by atoms with Crippen LogP contribution >= 0.6 is 0 Å². The van der Waals surface area contributed by atoms with E-state index < -0.39 is 15.8 Å². The molecule has 0 saturated heterocycles. The number of para-hydroxylation sites is 2. The summed E-state index contributed by atoms with van der Waals surface area (Å²) in [5, 5.41) is 25.8. The van der Waals surface area contributed by atoms with Gasteiger partial charge in [-0.2, -0.15) is 5.10 Å². The highest BCUT2D eigenvalue weighted by Crippen LogP contribution is 2.30. The highest BCUT2D eigenvalue weighted by Gasteiger charge is 2.19. The van der Waals surface area contributed by atoms with Crippen molar-refractivity contribution in [3.63, 3.8) is 0 Å². The molecule has 1 N–H and O–H groups in total. The number of hydrogen-bond donors (Lipinski definition) is 1. The van der Waals surface area contributed by atoms with Crippen LogP contribution in [0.15, 0.2) is 70.2 Å². The van der Waals surface area contributed by atoms with Gasteiger partial charge < -0.3 is 4.42 Å². The van der Waals surface area contributed by atoms with Crippen molar-refractivity contribution in [1.29, 1.82) is 0 Å². The largest absolute Gasteiger partial charge is 0.455 e. The van der Waals surface area contributed by atoms with Gasteiger partial charge in [-0.15, -0.1) is 0 Å². The van der Waals surface area contributed by atoms with Gasteiger partial charge in [0.2, 0.25) is 0 Å². The Balaban J connectivity index is 1.75. The molecule has 0 radical (unpaired) electrons. The van der Waals surface area contributed by atoms with Gasteiger partial charge in [-0.25, -0.2) is 5.43 Å². The first-order valence-corrected chi connectivity index (χ1v) is 7.88. The Morgan fingerprint density at radius 2 is 1.57 bits per heavy atom. The number of nitrogens with one attached hydrogen (secondary N) is 1. The minimum Gasteiger partial charge on any atom is -0.455 e. The number of rotatable bonds is 6. The van der Waals surface area contributed by atoms with E-state index in [1.54, 1.807) is 18.2 Å². The molecule has 0 aliphatic heterocycles. The fourth-order valence-electron chi connectivity index (χ4n) is 2.45. The molecule has 3 rings (SSSR count). The van der Waals surface area contributed by atoms with Gasteiger partial charge in [0.25, 0.3) is 17.3 Å². The average Bonchev–Trinajstić information content (AvgIpc) is 3.16. The Kier molecular flexibility index (Phi) is 5.21. The summed E-state index contributed by atoms with van der Waals surface area (Å²) in [5.74, 6) is -0.260. The summed E-state index contributed by atoms with van der Waals surface area (Å²) in [6.45, 7) is 0. The predicted molar refractivity (Wildman–Crippen MR) is 99.0 cm³/mol. The lowest BCUT2D eigenvalue weighted by molar-refractivity contribution is -0.385. The summed E-state index contributed by atoms with van der Waals surface area (Å²) >= 11 is 0. The quantitative estimate of drug-likeness (QED) is 0.394. The molecule has 10 heteroatoms. The van der Waals surface area contributed by atoms with Crippen LogP contribution in [0.4, 0.5) is 11.4 Å². The fraction of sp³-hybridized carbons (Fsp3) is 0. The number of carbonyl (C=O) groups excluding carboxylic acids is 1. The molecule has 0 saturated carbocycles. The minimum absolute atomic E-state index is 0.106. The molecule has 3 aromatic rings. The Labute approximate surface area is 157 Å². The van der Waals surface area contributed by atoms with E-state index in [1.807, 2.05) is 0 Å². The lowest BCUT2D eigenvalue weighted by Gasteiger charge is -2.00. The van der Waals surface area contributed by atoms with E-state index in [-0.39, 0.29) is 28.5 Å². The first-order chi connectivity index (χ1) is 13.5. The molecule has 0 fully saturated rings. The zero-order valence-corrected chi connectivity index (χ0v) is 14.1. The summed E-state index contributed by atoms with van der Waals surface area (Å²) in [5.41, 5.74) is 1.90. The zero-order chi connectivity index (χ0) is 20.1. The van der Waals surface area contributed by atoms with Gasteiger partial charge in [0.15, 0.2) is 0 Å². The summed E-state index contributed by atoms with van der Waals surface area (Å²) in [4.78, 5) is 33.0. The molecule has 2 aromatic carbocycles. The third-order valence-electron chi connectivity index (χ3n) is 3.70. The van der Waals surface area contributed by atoms with Crippen molar-refractivity contribution in [2.75, 3.05) is 0 Å². The maximum absolute atomic E-state index is 12.1. The lowest BCUT2D eigenvalue weighted by atomic mass is 10.1. The number of nitro groups is 2. The van der Waals surface area contributed by atoms with E-state index in [2.05, 4.69) is 10.5 Å². The molecule has 0 spiro atoms.